The number of benzene rings is 7. The summed E-state index contributed by atoms with van der Waals surface area (Å²) in [5.74, 6) is 0. The van der Waals surface area contributed by atoms with Gasteiger partial charge in [0.1, 0.15) is 0 Å². The molecule has 0 unspecified atom stereocenters. The van der Waals surface area contributed by atoms with Crippen LogP contribution in [0.5, 0.6) is 0 Å². The smallest absolute Gasteiger partial charge is 0.0775 e. The van der Waals surface area contributed by atoms with E-state index in [1.807, 2.05) is 0 Å². The van der Waals surface area contributed by atoms with Crippen molar-refractivity contribution in [1.82, 2.24) is 9.13 Å². The molecule has 7 aromatic carbocycles. The normalized spacial score (nSPS) is 12.4. The highest BCUT2D eigenvalue weighted by Crippen LogP contribution is 2.43. The Morgan fingerprint density at radius 3 is 1.91 bits per heavy atom. The predicted octanol–water partition coefficient (Wildman–Crippen LogP) is 10.7. The summed E-state index contributed by atoms with van der Waals surface area (Å²) in [6, 6.07) is 51.8. The zero-order valence-electron chi connectivity index (χ0n) is 25.2. The highest BCUT2D eigenvalue weighted by Gasteiger charge is 2.20. The summed E-state index contributed by atoms with van der Waals surface area (Å²) in [6.45, 7) is 7.22. The van der Waals surface area contributed by atoms with Gasteiger partial charge in [0.25, 0.3) is 0 Å². The van der Waals surface area contributed by atoms with E-state index in [9.17, 15) is 0 Å². The van der Waals surface area contributed by atoms with Gasteiger partial charge in [0, 0.05) is 32.9 Å². The van der Waals surface area contributed by atoms with Gasteiger partial charge < -0.3 is 9.13 Å². The molecule has 210 valence electrons. The van der Waals surface area contributed by atoms with E-state index in [4.69, 9.17) is 0 Å². The summed E-state index contributed by atoms with van der Waals surface area (Å²) in [7, 11) is -1.37. The number of para-hydroxylation sites is 2. The summed E-state index contributed by atoms with van der Waals surface area (Å²) in [6.07, 6.45) is 0. The quantitative estimate of drug-likeness (QED) is 0.145. The molecule has 2 heterocycles. The molecule has 0 radical (unpaired) electrons. The molecule has 9 aromatic rings. The van der Waals surface area contributed by atoms with Crippen LogP contribution in [-0.2, 0) is 0 Å². The fourth-order valence-corrected chi connectivity index (χ4v) is 8.49. The van der Waals surface area contributed by atoms with E-state index in [1.165, 1.54) is 82.1 Å². The maximum atomic E-state index is 2.43. The molecular formula is C41H32N2Si. The van der Waals surface area contributed by atoms with Crippen molar-refractivity contribution in [2.75, 3.05) is 0 Å². The highest BCUT2D eigenvalue weighted by atomic mass is 28.3. The van der Waals surface area contributed by atoms with E-state index in [1.54, 1.807) is 0 Å². The molecule has 0 fully saturated rings. The molecule has 0 saturated heterocycles. The first-order valence-corrected chi connectivity index (χ1v) is 19.0. The number of aromatic nitrogens is 2. The first-order valence-electron chi connectivity index (χ1n) is 15.5. The van der Waals surface area contributed by atoms with Crippen LogP contribution in [-0.4, -0.2) is 17.2 Å². The van der Waals surface area contributed by atoms with E-state index >= 15 is 0 Å². The molecule has 0 amide bonds. The summed E-state index contributed by atoms with van der Waals surface area (Å²) >= 11 is 0. The maximum absolute atomic E-state index is 2.43. The average Bonchev–Trinajstić information content (AvgIpc) is 3.57. The van der Waals surface area contributed by atoms with Crippen LogP contribution in [0.3, 0.4) is 0 Å². The molecule has 0 N–H and O–H groups in total. The Hall–Kier alpha value is -5.12. The molecule has 2 nitrogen and oxygen atoms in total. The van der Waals surface area contributed by atoms with E-state index in [-0.39, 0.29) is 0 Å². The molecule has 3 heteroatoms. The second-order valence-electron chi connectivity index (χ2n) is 13.0. The topological polar surface area (TPSA) is 9.86 Å². The van der Waals surface area contributed by atoms with Crippen LogP contribution < -0.4 is 5.19 Å². The van der Waals surface area contributed by atoms with Crippen molar-refractivity contribution < 1.29 is 0 Å². The molecule has 0 aliphatic heterocycles. The van der Waals surface area contributed by atoms with Crippen molar-refractivity contribution in [1.29, 1.82) is 0 Å². The van der Waals surface area contributed by atoms with Gasteiger partial charge in [0.2, 0.25) is 0 Å². The Morgan fingerprint density at radius 2 is 1.09 bits per heavy atom. The summed E-state index contributed by atoms with van der Waals surface area (Å²) in [5, 5.41) is 9.31. The highest BCUT2D eigenvalue weighted by molar-refractivity contribution is 6.88. The summed E-state index contributed by atoms with van der Waals surface area (Å²) < 4.78 is 4.84. The van der Waals surface area contributed by atoms with Crippen LogP contribution in [0.2, 0.25) is 19.6 Å². The molecule has 9 rings (SSSR count). The number of hydrogen-bond acceptors (Lipinski definition) is 0. The molecular weight excluding hydrogens is 549 g/mol. The van der Waals surface area contributed by atoms with Crippen molar-refractivity contribution in [2.45, 2.75) is 19.6 Å². The minimum absolute atomic E-state index is 1.19. The molecule has 44 heavy (non-hydrogen) atoms. The predicted molar refractivity (Wildman–Crippen MR) is 192 cm³/mol. The zero-order valence-corrected chi connectivity index (χ0v) is 26.2. The first-order chi connectivity index (χ1) is 21.5. The van der Waals surface area contributed by atoms with E-state index < -0.39 is 8.07 Å². The maximum Gasteiger partial charge on any atom is 0.0775 e. The largest absolute Gasteiger partial charge is 0.309 e. The van der Waals surface area contributed by atoms with Crippen molar-refractivity contribution in [3.63, 3.8) is 0 Å². The second-order valence-corrected chi connectivity index (χ2v) is 18.1. The summed E-state index contributed by atoms with van der Waals surface area (Å²) in [4.78, 5) is 0. The van der Waals surface area contributed by atoms with Crippen LogP contribution in [0.25, 0.3) is 76.9 Å². The second kappa shape index (κ2) is 9.19. The third-order valence-corrected chi connectivity index (χ3v) is 11.5. The van der Waals surface area contributed by atoms with Gasteiger partial charge in [-0.25, -0.2) is 0 Å². The van der Waals surface area contributed by atoms with Crippen LogP contribution in [0, 0.1) is 0 Å². The molecule has 0 saturated carbocycles. The van der Waals surface area contributed by atoms with E-state index in [2.05, 4.69) is 168 Å². The van der Waals surface area contributed by atoms with Gasteiger partial charge in [-0.3, -0.25) is 0 Å². The zero-order chi connectivity index (χ0) is 29.6. The van der Waals surface area contributed by atoms with Gasteiger partial charge in [0.05, 0.1) is 30.1 Å². The van der Waals surface area contributed by atoms with Gasteiger partial charge in [-0.05, 0) is 76.5 Å². The van der Waals surface area contributed by atoms with Crippen molar-refractivity contribution >= 4 is 67.6 Å². The van der Waals surface area contributed by atoms with Crippen molar-refractivity contribution in [3.8, 4) is 22.5 Å². The minimum Gasteiger partial charge on any atom is -0.309 e. The van der Waals surface area contributed by atoms with Crippen LogP contribution >= 0.6 is 0 Å². The Bertz CT molecular complexity index is 2510. The standard InChI is InChI=1S/C41H32N2Si/c1-44(2,3)31-20-18-30(19-21-31)42-36-14-8-7-13-33(36)35-26-28(17-24-37(35)42)32-23-25-39-41-34(32)22-16-27-10-9-15-38(40(27)41)43(39)29-11-5-4-6-12-29/h4-26H,1-3H3. The van der Waals surface area contributed by atoms with Gasteiger partial charge in [0.15, 0.2) is 0 Å². The van der Waals surface area contributed by atoms with Gasteiger partial charge >= 0.3 is 0 Å². The number of nitrogens with zero attached hydrogens (tertiary/aromatic N) is 2. The molecule has 0 bridgehead atoms. The molecule has 0 spiro atoms. The number of rotatable bonds is 4. The number of fused-ring (bicyclic) bond motifs is 3. The monoisotopic (exact) mass is 580 g/mol. The lowest BCUT2D eigenvalue weighted by molar-refractivity contribution is 1.18. The third-order valence-electron chi connectivity index (χ3n) is 9.45. The van der Waals surface area contributed by atoms with E-state index in [0.29, 0.717) is 0 Å². The van der Waals surface area contributed by atoms with Crippen LogP contribution in [0.1, 0.15) is 0 Å². The molecule has 0 aliphatic rings. The van der Waals surface area contributed by atoms with E-state index in [0.717, 1.165) is 0 Å². The number of hydrogen-bond donors (Lipinski definition) is 0. The molecule has 0 atom stereocenters. The fraction of sp³-hybridized carbons (Fsp3) is 0.0732. The SMILES string of the molecule is C[Si](C)(C)c1ccc(-n2c3ccccc3c3cc(-c4ccc5c6c4ccc4cccc(c46)n5-c4ccccc4)ccc32)cc1. The van der Waals surface area contributed by atoms with Crippen molar-refractivity contribution in [3.05, 3.63) is 140 Å². The van der Waals surface area contributed by atoms with Gasteiger partial charge in [-0.2, -0.15) is 0 Å². The Balaban J connectivity index is 1.28. The lowest BCUT2D eigenvalue weighted by atomic mass is 9.94. The Labute approximate surface area is 257 Å². The Kier molecular flexibility index (Phi) is 5.30. The first kappa shape index (κ1) is 25.4. The molecule has 0 aliphatic carbocycles. The van der Waals surface area contributed by atoms with Crippen molar-refractivity contribution in [2.24, 2.45) is 0 Å². The minimum atomic E-state index is -1.37. The summed E-state index contributed by atoms with van der Waals surface area (Å²) in [5.41, 5.74) is 9.91. The fourth-order valence-electron chi connectivity index (χ4n) is 7.32. The lowest BCUT2D eigenvalue weighted by Gasteiger charge is -2.17. The van der Waals surface area contributed by atoms with Crippen LogP contribution in [0.15, 0.2) is 140 Å². The Morgan fingerprint density at radius 1 is 0.432 bits per heavy atom. The third kappa shape index (κ3) is 3.60. The molecule has 2 aromatic heterocycles. The average molecular weight is 581 g/mol. The van der Waals surface area contributed by atoms with Gasteiger partial charge in [-0.15, -0.1) is 0 Å². The van der Waals surface area contributed by atoms with Crippen LogP contribution in [0.4, 0.5) is 0 Å². The van der Waals surface area contributed by atoms with Gasteiger partial charge in [-0.1, -0.05) is 110 Å². The lowest BCUT2D eigenvalue weighted by Crippen LogP contribution is -2.37.